The Morgan fingerprint density at radius 1 is 1.10 bits per heavy atom. The number of aryl methyl sites for hydroxylation is 1. The SMILES string of the molecule is Cc1[nH]c2ccc(F)cc2c1CC(=O)N1CCC(C(=O)c2ccc(Cl)c(Cl)c2)CC1. The maximum Gasteiger partial charge on any atom is 0.227 e. The summed E-state index contributed by atoms with van der Waals surface area (Å²) in [6.45, 7) is 2.93. The van der Waals surface area contributed by atoms with Crippen LogP contribution in [0.1, 0.15) is 34.5 Å². The summed E-state index contributed by atoms with van der Waals surface area (Å²) in [5.74, 6) is -0.445. The Balaban J connectivity index is 1.41. The van der Waals surface area contributed by atoms with E-state index in [9.17, 15) is 14.0 Å². The molecule has 1 fully saturated rings. The van der Waals surface area contributed by atoms with Crippen molar-refractivity contribution in [2.75, 3.05) is 13.1 Å². The zero-order valence-corrected chi connectivity index (χ0v) is 18.0. The van der Waals surface area contributed by atoms with Crippen LogP contribution in [0.3, 0.4) is 0 Å². The largest absolute Gasteiger partial charge is 0.358 e. The highest BCUT2D eigenvalue weighted by Crippen LogP contribution is 2.28. The van der Waals surface area contributed by atoms with Crippen LogP contribution in [0.2, 0.25) is 10.0 Å². The van der Waals surface area contributed by atoms with Gasteiger partial charge in [-0.3, -0.25) is 9.59 Å². The first kappa shape index (κ1) is 20.9. The molecule has 4 rings (SSSR count). The molecule has 1 saturated heterocycles. The Morgan fingerprint density at radius 3 is 2.53 bits per heavy atom. The van der Waals surface area contributed by atoms with E-state index < -0.39 is 0 Å². The molecule has 2 heterocycles. The third-order valence-corrected chi connectivity index (χ3v) is 6.57. The van der Waals surface area contributed by atoms with E-state index in [4.69, 9.17) is 23.2 Å². The lowest BCUT2D eigenvalue weighted by Crippen LogP contribution is -2.41. The van der Waals surface area contributed by atoms with Gasteiger partial charge >= 0.3 is 0 Å². The summed E-state index contributed by atoms with van der Waals surface area (Å²) in [6, 6.07) is 9.46. The summed E-state index contributed by atoms with van der Waals surface area (Å²) in [4.78, 5) is 30.6. The fourth-order valence-corrected chi connectivity index (χ4v) is 4.42. The maximum atomic E-state index is 13.7. The highest BCUT2D eigenvalue weighted by Gasteiger charge is 2.28. The number of aromatic amines is 1. The van der Waals surface area contributed by atoms with E-state index in [1.807, 2.05) is 6.92 Å². The summed E-state index contributed by atoms with van der Waals surface area (Å²) >= 11 is 12.0. The number of fused-ring (bicyclic) bond motifs is 1. The van der Waals surface area contributed by atoms with Crippen LogP contribution in [0, 0.1) is 18.7 Å². The van der Waals surface area contributed by atoms with Crippen LogP contribution in [0.15, 0.2) is 36.4 Å². The molecule has 3 aromatic rings. The number of benzene rings is 2. The molecule has 1 amide bonds. The van der Waals surface area contributed by atoms with Crippen LogP contribution in [-0.4, -0.2) is 34.7 Å². The zero-order chi connectivity index (χ0) is 21.4. The van der Waals surface area contributed by atoms with E-state index >= 15 is 0 Å². The Labute approximate surface area is 184 Å². The van der Waals surface area contributed by atoms with Crippen LogP contribution >= 0.6 is 23.2 Å². The van der Waals surface area contributed by atoms with Crippen molar-refractivity contribution >= 4 is 45.8 Å². The summed E-state index contributed by atoms with van der Waals surface area (Å²) in [6.07, 6.45) is 1.42. The van der Waals surface area contributed by atoms with Gasteiger partial charge in [-0.05, 0) is 61.7 Å². The number of hydrogen-bond donors (Lipinski definition) is 1. The molecule has 4 nitrogen and oxygen atoms in total. The minimum Gasteiger partial charge on any atom is -0.358 e. The van der Waals surface area contributed by atoms with Crippen LogP contribution in [-0.2, 0) is 11.2 Å². The number of halogens is 3. The van der Waals surface area contributed by atoms with Gasteiger partial charge in [-0.25, -0.2) is 4.39 Å². The van der Waals surface area contributed by atoms with Crippen LogP contribution in [0.4, 0.5) is 4.39 Å². The number of ketones is 1. The van der Waals surface area contributed by atoms with Crippen molar-refractivity contribution in [3.05, 3.63) is 69.1 Å². The lowest BCUT2D eigenvalue weighted by atomic mass is 9.88. The lowest BCUT2D eigenvalue weighted by Gasteiger charge is -2.31. The van der Waals surface area contributed by atoms with Crippen molar-refractivity contribution in [1.29, 1.82) is 0 Å². The molecular formula is C23H21Cl2FN2O2. The van der Waals surface area contributed by atoms with Gasteiger partial charge in [-0.2, -0.15) is 0 Å². The van der Waals surface area contributed by atoms with Gasteiger partial charge in [0.15, 0.2) is 5.78 Å². The molecule has 0 atom stereocenters. The molecule has 156 valence electrons. The van der Waals surface area contributed by atoms with Crippen molar-refractivity contribution in [1.82, 2.24) is 9.88 Å². The second-order valence-electron chi connectivity index (χ2n) is 7.74. The number of Topliss-reactive ketones (excluding diaryl/α,β-unsaturated/α-hetero) is 1. The van der Waals surface area contributed by atoms with Gasteiger partial charge in [0, 0.05) is 41.2 Å². The monoisotopic (exact) mass is 446 g/mol. The van der Waals surface area contributed by atoms with Gasteiger partial charge in [0.05, 0.1) is 16.5 Å². The summed E-state index contributed by atoms with van der Waals surface area (Å²) < 4.78 is 13.7. The molecule has 30 heavy (non-hydrogen) atoms. The molecule has 0 saturated carbocycles. The van der Waals surface area contributed by atoms with Crippen LogP contribution < -0.4 is 0 Å². The molecule has 1 N–H and O–H groups in total. The first-order chi connectivity index (χ1) is 14.3. The Kier molecular flexibility index (Phi) is 5.85. The minimum atomic E-state index is -0.322. The highest BCUT2D eigenvalue weighted by atomic mass is 35.5. The van der Waals surface area contributed by atoms with Crippen LogP contribution in [0.5, 0.6) is 0 Å². The van der Waals surface area contributed by atoms with E-state index in [1.54, 1.807) is 29.2 Å². The van der Waals surface area contributed by atoms with Gasteiger partial charge in [0.1, 0.15) is 5.82 Å². The van der Waals surface area contributed by atoms with Gasteiger partial charge in [-0.15, -0.1) is 0 Å². The van der Waals surface area contributed by atoms with E-state index in [2.05, 4.69) is 4.98 Å². The Hall–Kier alpha value is -2.37. The van der Waals surface area contributed by atoms with Gasteiger partial charge in [0.25, 0.3) is 0 Å². The first-order valence-corrected chi connectivity index (χ1v) is 10.6. The highest BCUT2D eigenvalue weighted by molar-refractivity contribution is 6.42. The normalized spacial score (nSPS) is 15.0. The molecule has 0 unspecified atom stereocenters. The standard InChI is InChI=1S/C23H21Cl2FN2O2/c1-13-17(18-11-16(26)3-5-21(18)27-13)12-22(29)28-8-6-14(7-9-28)23(30)15-2-4-19(24)20(25)10-15/h2-5,10-11,14,27H,6-9,12H2,1H3. The predicted octanol–water partition coefficient (Wildman–Crippen LogP) is 5.59. The molecule has 0 bridgehead atoms. The van der Waals surface area contributed by atoms with E-state index in [0.717, 1.165) is 22.2 Å². The van der Waals surface area contributed by atoms with Gasteiger partial charge in [-0.1, -0.05) is 23.2 Å². The summed E-state index contributed by atoms with van der Waals surface area (Å²) in [5, 5.41) is 1.52. The number of nitrogens with one attached hydrogen (secondary N) is 1. The van der Waals surface area contributed by atoms with Crippen LogP contribution in [0.25, 0.3) is 10.9 Å². The molecule has 0 radical (unpaired) electrons. The number of hydrogen-bond acceptors (Lipinski definition) is 2. The average molecular weight is 447 g/mol. The number of aromatic nitrogens is 1. The lowest BCUT2D eigenvalue weighted by molar-refractivity contribution is -0.131. The molecule has 2 aromatic carbocycles. The van der Waals surface area contributed by atoms with E-state index in [1.165, 1.54) is 12.1 Å². The average Bonchev–Trinajstić information content (AvgIpc) is 3.04. The van der Waals surface area contributed by atoms with Crippen molar-refractivity contribution in [3.63, 3.8) is 0 Å². The fraction of sp³-hybridized carbons (Fsp3) is 0.304. The second-order valence-corrected chi connectivity index (χ2v) is 8.56. The van der Waals surface area contributed by atoms with E-state index in [0.29, 0.717) is 41.5 Å². The predicted molar refractivity (Wildman–Crippen MR) is 117 cm³/mol. The number of amides is 1. The molecular weight excluding hydrogens is 426 g/mol. The van der Waals surface area contributed by atoms with Crippen molar-refractivity contribution < 1.29 is 14.0 Å². The third kappa shape index (κ3) is 4.09. The number of carbonyl (C=O) groups is 2. The maximum absolute atomic E-state index is 13.7. The van der Waals surface area contributed by atoms with Gasteiger partial charge < -0.3 is 9.88 Å². The smallest absolute Gasteiger partial charge is 0.227 e. The second kappa shape index (κ2) is 8.40. The number of carbonyl (C=O) groups excluding carboxylic acids is 2. The molecule has 1 aliphatic rings. The quantitative estimate of drug-likeness (QED) is 0.531. The summed E-state index contributed by atoms with van der Waals surface area (Å²) in [5.41, 5.74) is 3.06. The first-order valence-electron chi connectivity index (χ1n) is 9.87. The van der Waals surface area contributed by atoms with Gasteiger partial charge in [0.2, 0.25) is 5.91 Å². The number of H-pyrrole nitrogens is 1. The molecule has 0 spiro atoms. The van der Waals surface area contributed by atoms with Crippen molar-refractivity contribution in [3.8, 4) is 0 Å². The fourth-order valence-electron chi connectivity index (χ4n) is 4.12. The number of likely N-dealkylation sites (tertiary alicyclic amines) is 1. The number of piperidine rings is 1. The number of rotatable bonds is 4. The van der Waals surface area contributed by atoms with Crippen molar-refractivity contribution in [2.45, 2.75) is 26.2 Å². The summed E-state index contributed by atoms with van der Waals surface area (Å²) in [7, 11) is 0. The molecule has 7 heteroatoms. The molecule has 0 aliphatic carbocycles. The van der Waals surface area contributed by atoms with E-state index in [-0.39, 0.29) is 29.8 Å². The van der Waals surface area contributed by atoms with Crippen molar-refractivity contribution in [2.24, 2.45) is 5.92 Å². The topological polar surface area (TPSA) is 53.2 Å². The number of nitrogens with zero attached hydrogens (tertiary/aromatic N) is 1. The Bertz CT molecular complexity index is 1130. The minimum absolute atomic E-state index is 0.0105. The zero-order valence-electron chi connectivity index (χ0n) is 16.5. The Morgan fingerprint density at radius 2 is 1.83 bits per heavy atom. The molecule has 1 aromatic heterocycles. The third-order valence-electron chi connectivity index (χ3n) is 5.83. The molecule has 1 aliphatic heterocycles.